The van der Waals surface area contributed by atoms with Gasteiger partial charge in [-0.3, -0.25) is 14.6 Å². The van der Waals surface area contributed by atoms with E-state index < -0.39 is 70.1 Å². The van der Waals surface area contributed by atoms with Crippen LogP contribution in [0.15, 0.2) is 82.3 Å². The summed E-state index contributed by atoms with van der Waals surface area (Å²) in [5.41, 5.74) is -3.01. The van der Waals surface area contributed by atoms with Crippen molar-refractivity contribution in [3.8, 4) is 17.1 Å². The van der Waals surface area contributed by atoms with Crippen molar-refractivity contribution in [2.24, 2.45) is 22.7 Å². The number of aliphatic hydroxyl groups excluding tert-OH is 1. The van der Waals surface area contributed by atoms with Gasteiger partial charge in [0, 0.05) is 49.2 Å². The SMILES string of the molecule is CC(=O)OCC1(C)C2C[C@H](OC(=O)c3ccc4ccccc4c3)[C@@]3(C)Oc4cc(-c5cccnc5)oc(=O)c4[C@H](O)C3[C@@]2(C)CC[C@@H]1OC(C)=O. The van der Waals surface area contributed by atoms with Crippen molar-refractivity contribution in [1.82, 2.24) is 4.98 Å². The van der Waals surface area contributed by atoms with Gasteiger partial charge in [0.1, 0.15) is 41.5 Å². The molecule has 2 aromatic heterocycles. The zero-order valence-electron chi connectivity index (χ0n) is 29.2. The molecule has 2 fully saturated rings. The smallest absolute Gasteiger partial charge is 0.345 e. The minimum Gasteiger partial charge on any atom is -0.482 e. The van der Waals surface area contributed by atoms with Gasteiger partial charge in [-0.2, -0.15) is 0 Å². The highest BCUT2D eigenvalue weighted by Crippen LogP contribution is 2.67. The summed E-state index contributed by atoms with van der Waals surface area (Å²) >= 11 is 0. The maximum atomic E-state index is 14.1. The van der Waals surface area contributed by atoms with Gasteiger partial charge in [-0.15, -0.1) is 0 Å². The lowest BCUT2D eigenvalue weighted by Gasteiger charge is -2.66. The first-order valence-electron chi connectivity index (χ1n) is 17.2. The summed E-state index contributed by atoms with van der Waals surface area (Å²) in [5, 5.41) is 14.2. The molecule has 51 heavy (non-hydrogen) atoms. The minimum absolute atomic E-state index is 0.0320. The molecule has 0 saturated heterocycles. The number of pyridine rings is 1. The van der Waals surface area contributed by atoms with Gasteiger partial charge in [0.2, 0.25) is 0 Å². The molecule has 2 aromatic carbocycles. The Labute approximate surface area is 294 Å². The highest BCUT2D eigenvalue weighted by Gasteiger charge is 2.71. The fourth-order valence-corrected chi connectivity index (χ4v) is 9.35. The normalized spacial score (nSPS) is 30.9. The van der Waals surface area contributed by atoms with Crippen molar-refractivity contribution in [1.29, 1.82) is 0 Å². The number of rotatable bonds is 6. The Balaban J connectivity index is 1.37. The van der Waals surface area contributed by atoms with Gasteiger partial charge in [-0.1, -0.05) is 44.2 Å². The average molecular weight is 696 g/mol. The van der Waals surface area contributed by atoms with Gasteiger partial charge in [0.25, 0.3) is 0 Å². The molecule has 0 amide bonds. The van der Waals surface area contributed by atoms with E-state index in [0.29, 0.717) is 24.0 Å². The zero-order chi connectivity index (χ0) is 36.3. The molecule has 3 aliphatic rings. The summed E-state index contributed by atoms with van der Waals surface area (Å²) in [5.74, 6) is -2.49. The standard InChI is InChI=1S/C40H41NO10/c1-22(42)47-21-39(4)30-19-32(50-36(45)26-13-12-24-9-6-7-10-25(24)17-26)40(5)35(38(30,3)15-14-31(39)48-23(2)43)34(44)33-29(51-40)18-28(49-37(33)46)27-11-8-16-41-20-27/h6-13,16-18,20,30-32,34-35,44H,14-15,19,21H2,1-5H3/t30?,31-,32-,34-,35?,38-,39?,40+/m0/s1. The summed E-state index contributed by atoms with van der Waals surface area (Å²) in [6.07, 6.45) is 1.23. The number of hydrogen-bond acceptors (Lipinski definition) is 11. The monoisotopic (exact) mass is 695 g/mol. The van der Waals surface area contributed by atoms with Gasteiger partial charge in [0.05, 0.1) is 11.7 Å². The first-order chi connectivity index (χ1) is 24.2. The van der Waals surface area contributed by atoms with Crippen molar-refractivity contribution < 1.29 is 42.9 Å². The number of aliphatic hydroxyl groups is 1. The Hall–Kier alpha value is -5.03. The number of carbonyl (C=O) groups excluding carboxylic acids is 3. The van der Waals surface area contributed by atoms with Crippen LogP contribution in [0.1, 0.15) is 75.9 Å². The maximum Gasteiger partial charge on any atom is 0.345 e. The van der Waals surface area contributed by atoms with Crippen LogP contribution < -0.4 is 10.4 Å². The summed E-state index contributed by atoms with van der Waals surface area (Å²) in [6.45, 7) is 8.28. The third-order valence-electron chi connectivity index (χ3n) is 11.7. The third kappa shape index (κ3) is 5.77. The Morgan fingerprint density at radius 2 is 1.71 bits per heavy atom. The molecule has 11 nitrogen and oxygen atoms in total. The number of nitrogens with zero attached hydrogens (tertiary/aromatic N) is 1. The van der Waals surface area contributed by atoms with E-state index in [1.165, 1.54) is 13.8 Å². The maximum absolute atomic E-state index is 14.1. The first kappa shape index (κ1) is 34.4. The molecule has 0 spiro atoms. The lowest BCUT2D eigenvalue weighted by Crippen LogP contribution is -2.71. The fourth-order valence-electron chi connectivity index (χ4n) is 9.35. The van der Waals surface area contributed by atoms with Crippen molar-refractivity contribution >= 4 is 28.7 Å². The molecular weight excluding hydrogens is 654 g/mol. The second kappa shape index (κ2) is 12.6. The Bertz CT molecular complexity index is 2080. The van der Waals surface area contributed by atoms with Crippen molar-refractivity contribution in [2.45, 2.75) is 77.8 Å². The number of ether oxygens (including phenoxy) is 4. The van der Waals surface area contributed by atoms with E-state index in [1.807, 2.05) is 51.1 Å². The van der Waals surface area contributed by atoms with Gasteiger partial charge < -0.3 is 28.5 Å². The lowest BCUT2D eigenvalue weighted by molar-refractivity contribution is -0.266. The molecule has 0 radical (unpaired) electrons. The number of fused-ring (bicyclic) bond motifs is 5. The third-order valence-corrected chi connectivity index (χ3v) is 11.7. The van der Waals surface area contributed by atoms with E-state index in [9.17, 15) is 24.3 Å². The van der Waals surface area contributed by atoms with E-state index in [0.717, 1.165) is 10.8 Å². The average Bonchev–Trinajstić information content (AvgIpc) is 3.09. The van der Waals surface area contributed by atoms with Crippen molar-refractivity contribution in [2.75, 3.05) is 6.61 Å². The molecule has 1 aliphatic heterocycles. The Morgan fingerprint density at radius 1 is 0.941 bits per heavy atom. The van der Waals surface area contributed by atoms with Crippen LogP contribution in [-0.2, 0) is 23.8 Å². The highest BCUT2D eigenvalue weighted by atomic mass is 16.6. The van der Waals surface area contributed by atoms with Gasteiger partial charge in [0.15, 0.2) is 0 Å². The number of carbonyl (C=O) groups is 3. The fraction of sp³-hybridized carbons (Fsp3) is 0.425. The second-order valence-electron chi connectivity index (χ2n) is 14.8. The Kier molecular flexibility index (Phi) is 8.52. The summed E-state index contributed by atoms with van der Waals surface area (Å²) < 4.78 is 30.5. The predicted octanol–water partition coefficient (Wildman–Crippen LogP) is 6.20. The van der Waals surface area contributed by atoms with E-state index in [1.54, 1.807) is 42.7 Å². The van der Waals surface area contributed by atoms with Crippen LogP contribution in [0.2, 0.25) is 0 Å². The highest BCUT2D eigenvalue weighted by molar-refractivity contribution is 5.95. The lowest BCUT2D eigenvalue weighted by atomic mass is 9.42. The van der Waals surface area contributed by atoms with E-state index >= 15 is 0 Å². The summed E-state index contributed by atoms with van der Waals surface area (Å²) in [4.78, 5) is 56.5. The molecule has 11 heteroatoms. The van der Waals surface area contributed by atoms with Crippen LogP contribution in [0, 0.1) is 22.7 Å². The van der Waals surface area contributed by atoms with E-state index in [4.69, 9.17) is 23.4 Å². The molecule has 3 heterocycles. The van der Waals surface area contributed by atoms with Gasteiger partial charge >= 0.3 is 23.5 Å². The zero-order valence-corrected chi connectivity index (χ0v) is 29.2. The molecule has 3 unspecified atom stereocenters. The Morgan fingerprint density at radius 3 is 2.41 bits per heavy atom. The molecule has 8 atom stereocenters. The summed E-state index contributed by atoms with van der Waals surface area (Å²) in [6, 6.07) is 18.0. The van der Waals surface area contributed by atoms with Gasteiger partial charge in [-0.25, -0.2) is 9.59 Å². The van der Waals surface area contributed by atoms with Crippen LogP contribution in [0.4, 0.5) is 0 Å². The number of hydrogen-bond donors (Lipinski definition) is 1. The number of aromatic nitrogens is 1. The van der Waals surface area contributed by atoms with Crippen LogP contribution in [0.3, 0.4) is 0 Å². The number of benzene rings is 2. The van der Waals surface area contributed by atoms with E-state index in [2.05, 4.69) is 4.98 Å². The van der Waals surface area contributed by atoms with E-state index in [-0.39, 0.29) is 30.1 Å². The van der Waals surface area contributed by atoms with Crippen LogP contribution in [0.25, 0.3) is 22.1 Å². The molecule has 1 N–H and O–H groups in total. The van der Waals surface area contributed by atoms with Crippen LogP contribution in [-0.4, -0.2) is 52.4 Å². The van der Waals surface area contributed by atoms with Crippen LogP contribution in [0.5, 0.6) is 5.75 Å². The second-order valence-corrected chi connectivity index (χ2v) is 14.8. The van der Waals surface area contributed by atoms with Crippen molar-refractivity contribution in [3.63, 3.8) is 0 Å². The largest absolute Gasteiger partial charge is 0.482 e. The molecule has 2 saturated carbocycles. The molecular formula is C40H41NO10. The topological polar surface area (TPSA) is 151 Å². The molecule has 0 bridgehead atoms. The first-order valence-corrected chi connectivity index (χ1v) is 17.2. The molecule has 266 valence electrons. The van der Waals surface area contributed by atoms with Crippen LogP contribution >= 0.6 is 0 Å². The van der Waals surface area contributed by atoms with Gasteiger partial charge in [-0.05, 0) is 72.6 Å². The quantitative estimate of drug-likeness (QED) is 0.181. The van der Waals surface area contributed by atoms with Crippen molar-refractivity contribution in [3.05, 3.63) is 94.6 Å². The molecule has 4 aromatic rings. The summed E-state index contributed by atoms with van der Waals surface area (Å²) in [7, 11) is 0. The molecule has 2 aliphatic carbocycles. The predicted molar refractivity (Wildman–Crippen MR) is 185 cm³/mol. The molecule has 7 rings (SSSR count). The minimum atomic E-state index is -1.39. The number of esters is 3.